The van der Waals surface area contributed by atoms with Gasteiger partial charge >= 0.3 is 62.0 Å². The third-order valence-corrected chi connectivity index (χ3v) is 7.82. The van der Waals surface area contributed by atoms with Crippen LogP contribution in [-0.2, 0) is 151 Å². The second kappa shape index (κ2) is 44.1. The molecule has 0 aliphatic heterocycles. The molecule has 1 aromatic rings. The third kappa shape index (κ3) is 45.5. The summed E-state index contributed by atoms with van der Waals surface area (Å²) < 4.78 is 12.2. The standard InChI is InChI=1S/C15H21NO4.2C4H8N2S4.2C3H7NS2.Mn.2Zn/c1-10-7-6-8-11(2)14(10)16(13(17)9-19-4)12(3)15(18)20-5;2*7-3(8)5-1-2-6-4(9)10;2*1-4(2)3(5)6;;;/h6-8,12H,9H2,1-5H3;2*1-2H2,(H2,5,7,8)(H2,6,9,10);2*1-2H3,(H,5,6);;;/q;;;;;3*+2/p-6/t12-;;;;;;;/m0......./s1. The number of aryl methyl sites for hydroxylation is 2. The summed E-state index contributed by atoms with van der Waals surface area (Å²) in [5, 5.41) is 11.1. The van der Waals surface area contributed by atoms with Crippen LogP contribution in [0.15, 0.2) is 18.2 Å². The molecule has 303 valence electrons. The largest absolute Gasteiger partial charge is 2.00 e. The van der Waals surface area contributed by atoms with E-state index >= 15 is 0 Å². The summed E-state index contributed by atoms with van der Waals surface area (Å²) in [5.41, 5.74) is 2.57. The predicted molar refractivity (Wildman–Crippen MR) is 256 cm³/mol. The fraction of sp³-hybridized carbons (Fsp3) is 0.517. The van der Waals surface area contributed by atoms with Crippen molar-refractivity contribution < 1.29 is 75.1 Å². The summed E-state index contributed by atoms with van der Waals surface area (Å²) in [6, 6.07) is 5.01. The van der Waals surface area contributed by atoms with E-state index in [1.54, 1.807) is 16.7 Å². The normalized spacial score (nSPS) is 9.04. The van der Waals surface area contributed by atoms with E-state index in [-0.39, 0.29) is 68.5 Å². The first-order valence-corrected chi connectivity index (χ1v) is 19.4. The number of esters is 1. The van der Waals surface area contributed by atoms with Crippen LogP contribution in [0.5, 0.6) is 0 Å². The molecule has 0 fully saturated rings. The first-order chi connectivity index (χ1) is 24.0. The van der Waals surface area contributed by atoms with Crippen molar-refractivity contribution >= 4 is 193 Å². The molecule has 0 bridgehead atoms. The predicted octanol–water partition coefficient (Wildman–Crippen LogP) is 2.25. The fourth-order valence-electron chi connectivity index (χ4n) is 2.85. The van der Waals surface area contributed by atoms with Gasteiger partial charge in [-0.1, -0.05) is 44.1 Å². The van der Waals surface area contributed by atoms with Crippen molar-refractivity contribution in [2.75, 3.05) is 80.1 Å². The third-order valence-electron chi connectivity index (χ3n) is 5.20. The Morgan fingerprint density at radius 2 is 0.945 bits per heavy atom. The van der Waals surface area contributed by atoms with Crippen molar-refractivity contribution in [3.8, 4) is 0 Å². The molecule has 11 nitrogen and oxygen atoms in total. The van der Waals surface area contributed by atoms with Crippen LogP contribution < -0.4 is 26.2 Å². The van der Waals surface area contributed by atoms with Gasteiger partial charge in [-0.05, 0) is 31.9 Å². The van der Waals surface area contributed by atoms with Gasteiger partial charge in [0.25, 0.3) is 5.91 Å². The average Bonchev–Trinajstić information content (AvgIpc) is 3.03. The molecule has 1 amide bonds. The van der Waals surface area contributed by atoms with Crippen LogP contribution in [0, 0.1) is 13.8 Å². The van der Waals surface area contributed by atoms with Gasteiger partial charge in [-0.15, -0.1) is 0 Å². The van der Waals surface area contributed by atoms with Gasteiger partial charge in [0.1, 0.15) is 12.6 Å². The van der Waals surface area contributed by atoms with E-state index in [1.165, 1.54) is 19.1 Å². The zero-order valence-electron chi connectivity index (χ0n) is 32.0. The van der Waals surface area contributed by atoms with Gasteiger partial charge in [-0.25, -0.2) is 4.79 Å². The van der Waals surface area contributed by atoms with E-state index in [4.69, 9.17) is 9.47 Å². The summed E-state index contributed by atoms with van der Waals surface area (Å²) in [5.74, 6) is -0.736. The number of hydrogen-bond donors (Lipinski definition) is 4. The summed E-state index contributed by atoms with van der Waals surface area (Å²) in [7, 11) is 10.1. The van der Waals surface area contributed by atoms with Crippen molar-refractivity contribution in [3.63, 3.8) is 0 Å². The molecule has 0 spiro atoms. The van der Waals surface area contributed by atoms with Crippen LogP contribution in [0.25, 0.3) is 0 Å². The van der Waals surface area contributed by atoms with E-state index in [1.807, 2.05) is 60.2 Å². The number of methoxy groups -OCH3 is 2. The van der Waals surface area contributed by atoms with E-state index in [9.17, 15) is 9.59 Å². The van der Waals surface area contributed by atoms with Crippen LogP contribution in [0.3, 0.4) is 0 Å². The summed E-state index contributed by atoms with van der Waals surface area (Å²) in [6.07, 6.45) is 0. The SMILES string of the molecule is CN(C)C(=S)[S-].CN(C)C(=S)[S-].COCC(=O)N(c1c(C)cccc1C)[C@@H](C)C(=O)OC.S=C([S-])NCCNC(=S)[S-].S=C([S-])NCCNC(=S)[S-].[Mn+2].[Zn+2].[Zn+2]. The molecule has 1 atom stereocenters. The van der Waals surface area contributed by atoms with Gasteiger partial charge in [0.15, 0.2) is 0 Å². The maximum Gasteiger partial charge on any atom is 2.00 e. The average molecular weight is 1130 g/mol. The van der Waals surface area contributed by atoms with Gasteiger partial charge in [-0.2, -0.15) is 0 Å². The van der Waals surface area contributed by atoms with E-state index in [2.05, 4.69) is 170 Å². The van der Waals surface area contributed by atoms with Crippen LogP contribution >= 0.6 is 73.3 Å². The zero-order chi connectivity index (χ0) is 41.6. The van der Waals surface area contributed by atoms with Crippen LogP contribution in [-0.4, -0.2) is 129 Å². The molecule has 0 aliphatic carbocycles. The molecule has 0 saturated heterocycles. The number of hydrogen-bond acceptors (Lipinski definition) is 16. The number of nitrogens with one attached hydrogen (secondary N) is 4. The number of anilines is 1. The summed E-state index contributed by atoms with van der Waals surface area (Å²) in [4.78, 5) is 29.0. The quantitative estimate of drug-likeness (QED) is 0.0856. The number of carbonyl (C=O) groups excluding carboxylic acids is 2. The van der Waals surface area contributed by atoms with E-state index in [0.29, 0.717) is 52.1 Å². The molecule has 1 rings (SSSR count). The number of nitrogens with zero attached hydrogens (tertiary/aromatic N) is 3. The molecule has 0 unspecified atom stereocenters. The number of carbonyl (C=O) groups is 2. The maximum atomic E-state index is 12.3. The Morgan fingerprint density at radius 1 is 0.673 bits per heavy atom. The Balaban J connectivity index is -0.000000113. The Morgan fingerprint density at radius 3 is 1.15 bits per heavy atom. The van der Waals surface area contributed by atoms with Crippen LogP contribution in [0.4, 0.5) is 5.69 Å². The number of amides is 1. The van der Waals surface area contributed by atoms with Crippen LogP contribution in [0.2, 0.25) is 0 Å². The van der Waals surface area contributed by atoms with Gasteiger partial charge in [0, 0.05) is 61.5 Å². The van der Waals surface area contributed by atoms with Gasteiger partial charge < -0.3 is 190 Å². The van der Waals surface area contributed by atoms with Crippen molar-refractivity contribution in [3.05, 3.63) is 29.3 Å². The smallest absolute Gasteiger partial charge is 0.467 e. The minimum atomic E-state index is -0.706. The van der Waals surface area contributed by atoms with Gasteiger partial charge in [-0.3, -0.25) is 9.69 Å². The topological polar surface area (TPSA) is 110 Å². The molecule has 0 saturated carbocycles. The fourth-order valence-corrected chi connectivity index (χ4v) is 3.66. The van der Waals surface area contributed by atoms with Gasteiger partial charge in [0.05, 0.1) is 12.8 Å². The molecule has 55 heavy (non-hydrogen) atoms. The zero-order valence-corrected chi connectivity index (χ0v) is 48.9. The number of benzene rings is 1. The molecule has 0 aromatic heterocycles. The molecule has 0 aliphatic rings. The second-order valence-corrected chi connectivity index (χ2v) is 16.2. The Hall–Kier alpha value is 0.546. The first-order valence-electron chi connectivity index (χ1n) is 14.5. The summed E-state index contributed by atoms with van der Waals surface area (Å²) in [6.45, 7) is 8.02. The van der Waals surface area contributed by atoms with Crippen LogP contribution in [0.1, 0.15) is 18.1 Å². The van der Waals surface area contributed by atoms with Gasteiger partial charge in [0.2, 0.25) is 0 Å². The molecular formula is C29H45MnN7O4S12Zn2. The monoisotopic (exact) mass is 1120 g/mol. The Kier molecular flexibility index (Phi) is 56.2. The van der Waals surface area contributed by atoms with Crippen molar-refractivity contribution in [1.82, 2.24) is 31.1 Å². The number of para-hydroxylation sites is 1. The van der Waals surface area contributed by atoms with E-state index < -0.39 is 12.0 Å². The number of rotatable bonds is 11. The van der Waals surface area contributed by atoms with Crippen molar-refractivity contribution in [1.29, 1.82) is 0 Å². The minimum absolute atomic E-state index is 0. The summed E-state index contributed by atoms with van der Waals surface area (Å²) >= 11 is 55.0. The number of ether oxygens (including phenoxy) is 2. The molecule has 4 N–H and O–H groups in total. The maximum absolute atomic E-state index is 12.3. The second-order valence-electron chi connectivity index (χ2n) is 9.81. The van der Waals surface area contributed by atoms with Crippen molar-refractivity contribution in [2.24, 2.45) is 0 Å². The van der Waals surface area contributed by atoms with Crippen molar-refractivity contribution in [2.45, 2.75) is 26.8 Å². The van der Waals surface area contributed by atoms with E-state index in [0.717, 1.165) is 16.8 Å². The Bertz CT molecular complexity index is 1210. The molecule has 1 aromatic carbocycles. The molecule has 0 heterocycles. The molecule has 1 radical (unpaired) electrons. The molecular weight excluding hydrogens is 1080 g/mol. The Labute approximate surface area is 429 Å². The number of thiocarbonyl (C=S) groups is 6. The first kappa shape index (κ1) is 70.1. The molecule has 26 heteroatoms. The minimum Gasteiger partial charge on any atom is -0.467 e.